The van der Waals surface area contributed by atoms with Crippen LogP contribution in [0.5, 0.6) is 0 Å². The van der Waals surface area contributed by atoms with Crippen molar-refractivity contribution in [2.75, 3.05) is 0 Å². The van der Waals surface area contributed by atoms with Crippen LogP contribution in [0.3, 0.4) is 0 Å². The van der Waals surface area contributed by atoms with E-state index in [1.807, 2.05) is 17.4 Å². The third-order valence-electron chi connectivity index (χ3n) is 9.91. The maximum Gasteiger partial charge on any atom is 0.293 e. The molecule has 0 amide bonds. The fourth-order valence-electron chi connectivity index (χ4n) is 7.53. The lowest BCUT2D eigenvalue weighted by molar-refractivity contribution is -0.531. The average molecular weight is 636 g/mol. The number of hydrogen-bond donors (Lipinski definition) is 1. The van der Waals surface area contributed by atoms with Gasteiger partial charge in [0.1, 0.15) is 16.8 Å². The molecule has 1 N–H and O–H groups in total. The van der Waals surface area contributed by atoms with Gasteiger partial charge >= 0.3 is 0 Å². The molecule has 0 fully saturated rings. The lowest BCUT2D eigenvalue weighted by atomic mass is 9.92. The molecule has 8 aromatic rings. The van der Waals surface area contributed by atoms with Crippen molar-refractivity contribution in [2.24, 2.45) is 0 Å². The van der Waals surface area contributed by atoms with Gasteiger partial charge in [-0.1, -0.05) is 121 Å². The molecule has 0 saturated carbocycles. The van der Waals surface area contributed by atoms with Gasteiger partial charge in [0.05, 0.1) is 0 Å². The SMILES string of the molecule is C1=c2sc3cc([N+]4=C(c5cccc6c5oc5ccccc56)NC4c4cccc(-c5ccccc5)c4)ccc3c2=CC(c2ccccc2)C1. The molecule has 3 nitrogen and oxygen atoms in total. The normalized spacial score (nSPS) is 17.1. The predicted molar refractivity (Wildman–Crippen MR) is 199 cm³/mol. The van der Waals surface area contributed by atoms with E-state index in [4.69, 9.17) is 4.42 Å². The van der Waals surface area contributed by atoms with E-state index in [9.17, 15) is 0 Å². The first-order valence-corrected chi connectivity index (χ1v) is 17.4. The van der Waals surface area contributed by atoms with Crippen LogP contribution < -0.4 is 15.1 Å². The molecule has 2 unspecified atom stereocenters. The lowest BCUT2D eigenvalue weighted by Crippen LogP contribution is -2.51. The Morgan fingerprint density at radius 3 is 2.29 bits per heavy atom. The van der Waals surface area contributed by atoms with Crippen molar-refractivity contribution in [1.82, 2.24) is 5.32 Å². The number of fused-ring (bicyclic) bond motifs is 6. The summed E-state index contributed by atoms with van der Waals surface area (Å²) >= 11 is 1.90. The minimum atomic E-state index is -0.0316. The van der Waals surface area contributed by atoms with Gasteiger partial charge in [-0.15, -0.1) is 11.3 Å². The minimum Gasteiger partial charge on any atom is -0.455 e. The van der Waals surface area contributed by atoms with Gasteiger partial charge in [0.2, 0.25) is 0 Å². The molecule has 1 aliphatic heterocycles. The number of hydrogen-bond acceptors (Lipinski definition) is 3. The maximum absolute atomic E-state index is 6.52. The molecule has 4 heteroatoms. The van der Waals surface area contributed by atoms with Crippen molar-refractivity contribution >= 4 is 67.0 Å². The van der Waals surface area contributed by atoms with Gasteiger partial charge in [-0.25, -0.2) is 5.32 Å². The summed E-state index contributed by atoms with van der Waals surface area (Å²) < 4.78 is 11.7. The number of para-hydroxylation sites is 2. The van der Waals surface area contributed by atoms with Gasteiger partial charge < -0.3 is 4.42 Å². The summed E-state index contributed by atoms with van der Waals surface area (Å²) in [5.41, 5.74) is 9.07. The molecule has 0 saturated heterocycles. The van der Waals surface area contributed by atoms with Crippen LogP contribution in [0.4, 0.5) is 5.69 Å². The second-order valence-corrected chi connectivity index (χ2v) is 13.8. The van der Waals surface area contributed by atoms with Crippen molar-refractivity contribution in [1.29, 1.82) is 0 Å². The molecule has 1 aliphatic carbocycles. The van der Waals surface area contributed by atoms with E-state index in [0.29, 0.717) is 5.92 Å². The first-order valence-electron chi connectivity index (χ1n) is 16.6. The van der Waals surface area contributed by atoms with E-state index in [2.05, 4.69) is 162 Å². The zero-order chi connectivity index (χ0) is 31.6. The summed E-state index contributed by atoms with van der Waals surface area (Å²) in [4.78, 5) is 0. The van der Waals surface area contributed by atoms with Crippen molar-refractivity contribution in [3.8, 4) is 11.1 Å². The Balaban J connectivity index is 1.14. The van der Waals surface area contributed by atoms with E-state index in [1.54, 1.807) is 0 Å². The summed E-state index contributed by atoms with van der Waals surface area (Å²) in [6.07, 6.45) is 5.91. The van der Waals surface area contributed by atoms with E-state index >= 15 is 0 Å². The molecule has 6 aromatic carbocycles. The molecule has 10 rings (SSSR count). The van der Waals surface area contributed by atoms with Crippen molar-refractivity contribution in [3.05, 3.63) is 172 Å². The first-order chi connectivity index (χ1) is 23.8. The van der Waals surface area contributed by atoms with Crippen LogP contribution in [0.25, 0.3) is 55.3 Å². The van der Waals surface area contributed by atoms with Crippen LogP contribution >= 0.6 is 11.3 Å². The Labute approximate surface area is 282 Å². The first kappa shape index (κ1) is 27.4. The average Bonchev–Trinajstić information content (AvgIpc) is 3.70. The van der Waals surface area contributed by atoms with Crippen molar-refractivity contribution in [2.45, 2.75) is 18.5 Å². The zero-order valence-corrected chi connectivity index (χ0v) is 27.0. The quantitative estimate of drug-likeness (QED) is 0.191. The highest BCUT2D eigenvalue weighted by molar-refractivity contribution is 7.17. The fraction of sp³-hybridized carbons (Fsp3) is 0.0682. The molecule has 2 aromatic heterocycles. The molecule has 228 valence electrons. The third-order valence-corrected chi connectivity index (χ3v) is 11.1. The number of benzene rings is 6. The summed E-state index contributed by atoms with van der Waals surface area (Å²) in [6.45, 7) is 0. The monoisotopic (exact) mass is 635 g/mol. The number of nitrogens with one attached hydrogen (secondary N) is 1. The molecule has 0 radical (unpaired) electrons. The van der Waals surface area contributed by atoms with Gasteiger partial charge in [-0.3, -0.25) is 0 Å². The zero-order valence-electron chi connectivity index (χ0n) is 26.1. The van der Waals surface area contributed by atoms with Gasteiger partial charge in [0.25, 0.3) is 12.0 Å². The van der Waals surface area contributed by atoms with Crippen LogP contribution in [0.2, 0.25) is 0 Å². The molecular formula is C44H31N2OS+. The van der Waals surface area contributed by atoms with Gasteiger partial charge in [-0.2, -0.15) is 4.58 Å². The molecule has 2 aliphatic rings. The molecule has 2 atom stereocenters. The summed E-state index contributed by atoms with van der Waals surface area (Å²) in [5.74, 6) is 1.46. The number of furan rings is 1. The minimum absolute atomic E-state index is 0.0316. The second-order valence-electron chi connectivity index (χ2n) is 12.7. The molecule has 3 heterocycles. The van der Waals surface area contributed by atoms with Crippen LogP contribution in [-0.2, 0) is 0 Å². The Hall–Kier alpha value is -5.71. The molecule has 0 spiro atoms. The van der Waals surface area contributed by atoms with Gasteiger partial charge in [0, 0.05) is 42.9 Å². The summed E-state index contributed by atoms with van der Waals surface area (Å²) in [5, 5.41) is 8.84. The standard InChI is InChI=1S/C44H30N2OS/c1-3-11-28(12-4-1)30-15-9-16-32(25-30)43-45-44(37-19-10-18-36-34-17-7-8-20-39(34)47-42(36)37)46(43)33-22-23-35-38-26-31(29-13-5-2-6-14-29)21-24-40(38)48-41(35)27-33/h1-20,22-27,31,43H,21H2/p+1. The van der Waals surface area contributed by atoms with Crippen LogP contribution in [-0.4, -0.2) is 10.4 Å². The topological polar surface area (TPSA) is 28.2 Å². The van der Waals surface area contributed by atoms with E-state index < -0.39 is 0 Å². The maximum atomic E-state index is 6.52. The lowest BCUT2D eigenvalue weighted by Gasteiger charge is -2.29. The van der Waals surface area contributed by atoms with Gasteiger partial charge in [0.15, 0.2) is 5.58 Å². The van der Waals surface area contributed by atoms with Crippen LogP contribution in [0.15, 0.2) is 150 Å². The highest BCUT2D eigenvalue weighted by Crippen LogP contribution is 2.38. The summed E-state index contributed by atoms with van der Waals surface area (Å²) in [6, 6.07) is 52.2. The third kappa shape index (κ3) is 4.37. The smallest absolute Gasteiger partial charge is 0.293 e. The Kier molecular flexibility index (Phi) is 6.24. The van der Waals surface area contributed by atoms with E-state index in [-0.39, 0.29) is 6.17 Å². The van der Waals surface area contributed by atoms with Gasteiger partial charge in [-0.05, 0) is 58.7 Å². The Morgan fingerprint density at radius 1 is 0.646 bits per heavy atom. The highest BCUT2D eigenvalue weighted by atomic mass is 32.1. The fourth-order valence-corrected chi connectivity index (χ4v) is 8.70. The Morgan fingerprint density at radius 2 is 1.40 bits per heavy atom. The van der Waals surface area contributed by atoms with Crippen LogP contribution in [0.1, 0.15) is 35.2 Å². The number of rotatable bonds is 5. The largest absolute Gasteiger partial charge is 0.455 e. The number of nitrogens with zero attached hydrogens (tertiary/aromatic N) is 1. The molecule has 0 bridgehead atoms. The Bertz CT molecular complexity index is 2680. The van der Waals surface area contributed by atoms with Crippen molar-refractivity contribution < 1.29 is 8.99 Å². The van der Waals surface area contributed by atoms with E-state index in [1.165, 1.54) is 42.1 Å². The predicted octanol–water partition coefficient (Wildman–Crippen LogP) is 9.61. The highest BCUT2D eigenvalue weighted by Gasteiger charge is 2.42. The molecule has 48 heavy (non-hydrogen) atoms. The van der Waals surface area contributed by atoms with E-state index in [0.717, 1.165) is 45.4 Å². The molecular weight excluding hydrogens is 605 g/mol. The van der Waals surface area contributed by atoms with Crippen molar-refractivity contribution in [3.63, 3.8) is 0 Å². The number of thiophene rings is 1. The summed E-state index contributed by atoms with van der Waals surface area (Å²) in [7, 11) is 0. The second kappa shape index (κ2) is 10.9. The van der Waals surface area contributed by atoms with Crippen LogP contribution in [0, 0.1) is 0 Å². The number of amidine groups is 1.